The van der Waals surface area contributed by atoms with E-state index in [0.29, 0.717) is 11.3 Å². The van der Waals surface area contributed by atoms with E-state index in [0.717, 1.165) is 0 Å². The third-order valence-electron chi connectivity index (χ3n) is 5.27. The van der Waals surface area contributed by atoms with E-state index in [9.17, 15) is 19.1 Å². The van der Waals surface area contributed by atoms with Gasteiger partial charge in [0.15, 0.2) is 0 Å². The number of carbonyl (C=O) groups is 2. The first-order valence-electron chi connectivity index (χ1n) is 10.5. The second-order valence-electron chi connectivity index (χ2n) is 9.32. The number of aromatic carboxylic acids is 1. The molecule has 1 aliphatic heterocycles. The average Bonchev–Trinajstić information content (AvgIpc) is 2.92. The van der Waals surface area contributed by atoms with Crippen LogP contribution < -0.4 is 0 Å². The summed E-state index contributed by atoms with van der Waals surface area (Å²) in [5.74, 6) is -1.48. The van der Waals surface area contributed by atoms with Gasteiger partial charge in [0.25, 0.3) is 0 Å². The van der Waals surface area contributed by atoms with Crippen molar-refractivity contribution in [2.75, 3.05) is 0 Å². The summed E-state index contributed by atoms with van der Waals surface area (Å²) >= 11 is 0. The summed E-state index contributed by atoms with van der Waals surface area (Å²) in [5, 5.41) is 9.53. The van der Waals surface area contributed by atoms with Gasteiger partial charge in [-0.3, -0.25) is 9.88 Å². The lowest BCUT2D eigenvalue weighted by atomic mass is 9.96. The highest BCUT2D eigenvalue weighted by Gasteiger charge is 2.51. The third kappa shape index (κ3) is 5.24. The summed E-state index contributed by atoms with van der Waals surface area (Å²) in [6.07, 6.45) is 0.634. The number of aromatic nitrogens is 1. The van der Waals surface area contributed by atoms with Crippen LogP contribution in [0.3, 0.4) is 0 Å². The number of pyridine rings is 1. The molecule has 172 valence electrons. The summed E-state index contributed by atoms with van der Waals surface area (Å²) < 4.78 is 26.3. The molecular formula is C24H29FN2O5. The van der Waals surface area contributed by atoms with E-state index in [-0.39, 0.29) is 24.2 Å². The van der Waals surface area contributed by atoms with E-state index in [1.165, 1.54) is 23.2 Å². The molecule has 0 bridgehead atoms. The van der Waals surface area contributed by atoms with Crippen molar-refractivity contribution in [2.45, 2.75) is 70.9 Å². The Labute approximate surface area is 187 Å². The number of nitrogens with zero attached hydrogens (tertiary/aromatic N) is 2. The van der Waals surface area contributed by atoms with Crippen molar-refractivity contribution in [3.63, 3.8) is 0 Å². The molecule has 1 saturated heterocycles. The molecule has 0 aliphatic carbocycles. The third-order valence-corrected chi connectivity index (χ3v) is 5.27. The Morgan fingerprint density at radius 1 is 1.19 bits per heavy atom. The van der Waals surface area contributed by atoms with E-state index in [2.05, 4.69) is 4.98 Å². The Morgan fingerprint density at radius 2 is 1.88 bits per heavy atom. The molecule has 8 heteroatoms. The predicted octanol–water partition coefficient (Wildman–Crippen LogP) is 4.44. The smallest absolute Gasteiger partial charge is 0.412 e. The van der Waals surface area contributed by atoms with E-state index >= 15 is 0 Å². The number of carboxylic acid groups (broad SMARTS) is 1. The Balaban J connectivity index is 2.00. The van der Waals surface area contributed by atoms with E-state index in [4.69, 9.17) is 9.47 Å². The van der Waals surface area contributed by atoms with Crippen LogP contribution in [0.1, 0.15) is 56.2 Å². The van der Waals surface area contributed by atoms with Gasteiger partial charge in [-0.2, -0.15) is 0 Å². The van der Waals surface area contributed by atoms with Crippen LogP contribution in [0.25, 0.3) is 0 Å². The lowest BCUT2D eigenvalue weighted by Crippen LogP contribution is -2.51. The molecule has 2 unspecified atom stereocenters. The Kier molecular flexibility index (Phi) is 6.55. The molecule has 1 amide bonds. The molecule has 1 fully saturated rings. The molecule has 1 aromatic heterocycles. The van der Waals surface area contributed by atoms with Crippen LogP contribution in [0.15, 0.2) is 42.6 Å². The van der Waals surface area contributed by atoms with E-state index in [1.807, 2.05) is 0 Å². The van der Waals surface area contributed by atoms with Gasteiger partial charge < -0.3 is 14.6 Å². The highest BCUT2D eigenvalue weighted by Crippen LogP contribution is 2.37. The lowest BCUT2D eigenvalue weighted by molar-refractivity contribution is -0.0785. The zero-order chi connectivity index (χ0) is 23.7. The quantitative estimate of drug-likeness (QED) is 0.733. The molecular weight excluding hydrogens is 415 g/mol. The van der Waals surface area contributed by atoms with Gasteiger partial charge in [-0.05, 0) is 64.8 Å². The van der Waals surface area contributed by atoms with Crippen LogP contribution in [0.2, 0.25) is 0 Å². The number of amides is 1. The molecule has 1 aliphatic rings. The van der Waals surface area contributed by atoms with Crippen LogP contribution in [-0.4, -0.2) is 50.5 Å². The van der Waals surface area contributed by atoms with Crippen molar-refractivity contribution in [2.24, 2.45) is 0 Å². The maximum atomic E-state index is 14.5. The van der Waals surface area contributed by atoms with Crippen molar-refractivity contribution in [1.29, 1.82) is 0 Å². The highest BCUT2D eigenvalue weighted by atomic mass is 19.1. The number of ether oxygens (including phenoxy) is 2. The van der Waals surface area contributed by atoms with Gasteiger partial charge in [0.05, 0.1) is 23.4 Å². The molecule has 3 rings (SSSR count). The topological polar surface area (TPSA) is 89.0 Å². The van der Waals surface area contributed by atoms with Crippen molar-refractivity contribution in [1.82, 2.24) is 9.88 Å². The number of carboxylic acids is 1. The largest absolute Gasteiger partial charge is 0.478 e. The standard InChI is InChI=1S/C24H29FN2O5/c1-23(2,3)32-22(30)27-19(13-15-9-6-7-11-17(15)25)20(31-24(27,4)5)14-18-16(21(28)29)10-8-12-26-18/h6-12,19-20H,13-14H2,1-5H3,(H,28,29). The normalized spacial score (nSPS) is 20.2. The number of hydrogen-bond donors (Lipinski definition) is 1. The second-order valence-corrected chi connectivity index (χ2v) is 9.32. The Morgan fingerprint density at radius 3 is 2.50 bits per heavy atom. The highest BCUT2D eigenvalue weighted by molar-refractivity contribution is 5.88. The Bertz CT molecular complexity index is 1000. The molecule has 2 atom stereocenters. The summed E-state index contributed by atoms with van der Waals surface area (Å²) in [6.45, 7) is 8.78. The number of hydrogen-bond acceptors (Lipinski definition) is 5. The van der Waals surface area contributed by atoms with Crippen molar-refractivity contribution < 1.29 is 28.6 Å². The van der Waals surface area contributed by atoms with Gasteiger partial charge >= 0.3 is 12.1 Å². The molecule has 2 heterocycles. The van der Waals surface area contributed by atoms with E-state index < -0.39 is 35.5 Å². The van der Waals surface area contributed by atoms with Gasteiger partial charge in [-0.25, -0.2) is 14.0 Å². The number of rotatable bonds is 5. The monoisotopic (exact) mass is 444 g/mol. The zero-order valence-corrected chi connectivity index (χ0v) is 19.0. The number of halogens is 1. The minimum Gasteiger partial charge on any atom is -0.478 e. The SMILES string of the molecule is CC(C)(C)OC(=O)N1C(Cc2ccccc2F)C(Cc2ncccc2C(=O)O)OC1(C)C. The predicted molar refractivity (Wildman–Crippen MR) is 116 cm³/mol. The molecule has 1 aromatic carbocycles. The van der Waals surface area contributed by atoms with Crippen LogP contribution in [0.4, 0.5) is 9.18 Å². The van der Waals surface area contributed by atoms with Crippen molar-refractivity contribution in [3.8, 4) is 0 Å². The zero-order valence-electron chi connectivity index (χ0n) is 19.0. The molecule has 0 radical (unpaired) electrons. The molecule has 0 spiro atoms. The lowest BCUT2D eigenvalue weighted by Gasteiger charge is -2.35. The maximum absolute atomic E-state index is 14.5. The van der Waals surface area contributed by atoms with Crippen molar-refractivity contribution >= 4 is 12.1 Å². The Hall–Kier alpha value is -3.00. The minimum atomic E-state index is -1.10. The van der Waals surface area contributed by atoms with Crippen molar-refractivity contribution in [3.05, 3.63) is 65.2 Å². The van der Waals surface area contributed by atoms with Gasteiger partial charge in [0, 0.05) is 12.6 Å². The van der Waals surface area contributed by atoms with Gasteiger partial charge in [0.2, 0.25) is 0 Å². The van der Waals surface area contributed by atoms with Crippen LogP contribution in [0, 0.1) is 5.82 Å². The van der Waals surface area contributed by atoms with Gasteiger partial charge in [-0.1, -0.05) is 18.2 Å². The second kappa shape index (κ2) is 8.86. The van der Waals surface area contributed by atoms with Gasteiger partial charge in [0.1, 0.15) is 17.1 Å². The molecule has 7 nitrogen and oxygen atoms in total. The fourth-order valence-electron chi connectivity index (χ4n) is 4.01. The molecule has 1 N–H and O–H groups in total. The summed E-state index contributed by atoms with van der Waals surface area (Å²) in [5.41, 5.74) is -0.955. The average molecular weight is 445 g/mol. The minimum absolute atomic E-state index is 0.0641. The van der Waals surface area contributed by atoms with Crippen LogP contribution in [0.5, 0.6) is 0 Å². The molecule has 0 saturated carbocycles. The first-order valence-corrected chi connectivity index (χ1v) is 10.5. The number of carbonyl (C=O) groups excluding carboxylic acids is 1. The van der Waals surface area contributed by atoms with E-state index in [1.54, 1.807) is 58.9 Å². The van der Waals surface area contributed by atoms with Crippen LogP contribution >= 0.6 is 0 Å². The first kappa shape index (κ1) is 23.7. The summed E-state index contributed by atoms with van der Waals surface area (Å²) in [7, 11) is 0. The summed E-state index contributed by atoms with van der Waals surface area (Å²) in [4.78, 5) is 30.5. The summed E-state index contributed by atoms with van der Waals surface area (Å²) in [6, 6.07) is 8.79. The molecule has 32 heavy (non-hydrogen) atoms. The van der Waals surface area contributed by atoms with Crippen LogP contribution in [-0.2, 0) is 22.3 Å². The number of benzene rings is 1. The fourth-order valence-corrected chi connectivity index (χ4v) is 4.01. The van der Waals surface area contributed by atoms with Gasteiger partial charge in [-0.15, -0.1) is 0 Å². The maximum Gasteiger partial charge on any atom is 0.412 e. The molecule has 2 aromatic rings. The fraction of sp³-hybridized carbons (Fsp3) is 0.458. The first-order chi connectivity index (χ1) is 14.9.